The third kappa shape index (κ3) is 1.58. The van der Waals surface area contributed by atoms with E-state index in [0.29, 0.717) is 6.54 Å². The van der Waals surface area contributed by atoms with Crippen LogP contribution in [-0.2, 0) is 11.2 Å². The van der Waals surface area contributed by atoms with Gasteiger partial charge in [0.05, 0.1) is 13.2 Å². The molecule has 3 nitrogen and oxygen atoms in total. The fraction of sp³-hybridized carbons (Fsp3) is 0.364. The Balaban J connectivity index is 2.23. The standard InChI is InChI=1S/C11H13NO2/c1-12(5-6-13)10-2-3-11-9(8-10)4-7-14-11/h2-3,6,8H,4-5,7H2,1H3. The molecule has 0 aliphatic carbocycles. The second-order valence-corrected chi connectivity index (χ2v) is 3.44. The van der Waals surface area contributed by atoms with Crippen molar-refractivity contribution >= 4 is 12.0 Å². The number of fused-ring (bicyclic) bond motifs is 1. The maximum atomic E-state index is 10.4. The van der Waals surface area contributed by atoms with Gasteiger partial charge in [-0.2, -0.15) is 0 Å². The number of carbonyl (C=O) groups is 1. The Labute approximate surface area is 83.3 Å². The van der Waals surface area contributed by atoms with Gasteiger partial charge >= 0.3 is 0 Å². The normalized spacial score (nSPS) is 13.2. The number of aldehydes is 1. The lowest BCUT2D eigenvalue weighted by Crippen LogP contribution is -2.19. The summed E-state index contributed by atoms with van der Waals surface area (Å²) in [5.74, 6) is 0.980. The van der Waals surface area contributed by atoms with E-state index in [1.807, 2.05) is 24.1 Å². The van der Waals surface area contributed by atoms with Gasteiger partial charge in [0.2, 0.25) is 0 Å². The lowest BCUT2D eigenvalue weighted by Gasteiger charge is -2.16. The molecular weight excluding hydrogens is 178 g/mol. The molecule has 0 fully saturated rings. The zero-order valence-electron chi connectivity index (χ0n) is 8.19. The number of carbonyl (C=O) groups excluding carboxylic acids is 1. The number of rotatable bonds is 3. The minimum absolute atomic E-state index is 0.430. The smallest absolute Gasteiger partial charge is 0.139 e. The molecule has 0 saturated carbocycles. The summed E-state index contributed by atoms with van der Waals surface area (Å²) in [6.45, 7) is 1.20. The van der Waals surface area contributed by atoms with E-state index in [-0.39, 0.29) is 0 Å². The van der Waals surface area contributed by atoms with Gasteiger partial charge in [-0.25, -0.2) is 0 Å². The van der Waals surface area contributed by atoms with Gasteiger partial charge in [-0.3, -0.25) is 0 Å². The molecule has 3 heteroatoms. The van der Waals surface area contributed by atoms with Crippen molar-refractivity contribution in [1.29, 1.82) is 0 Å². The van der Waals surface area contributed by atoms with Crippen LogP contribution in [0.25, 0.3) is 0 Å². The number of hydrogen-bond donors (Lipinski definition) is 0. The fourth-order valence-electron chi connectivity index (χ4n) is 1.63. The van der Waals surface area contributed by atoms with Crippen LogP contribution in [0.2, 0.25) is 0 Å². The highest BCUT2D eigenvalue weighted by Crippen LogP contribution is 2.28. The lowest BCUT2D eigenvalue weighted by molar-refractivity contribution is -0.106. The summed E-state index contributed by atoms with van der Waals surface area (Å²) < 4.78 is 5.41. The second kappa shape index (κ2) is 3.70. The molecule has 1 aromatic carbocycles. The molecule has 1 aliphatic heterocycles. The van der Waals surface area contributed by atoms with Crippen molar-refractivity contribution in [3.05, 3.63) is 23.8 Å². The van der Waals surface area contributed by atoms with Gasteiger partial charge in [-0.05, 0) is 23.8 Å². The summed E-state index contributed by atoms with van der Waals surface area (Å²) in [7, 11) is 1.91. The molecule has 0 radical (unpaired) electrons. The average molecular weight is 191 g/mol. The van der Waals surface area contributed by atoms with Gasteiger partial charge in [0.25, 0.3) is 0 Å². The first-order valence-electron chi connectivity index (χ1n) is 4.72. The van der Waals surface area contributed by atoms with Gasteiger partial charge in [0.1, 0.15) is 12.0 Å². The fourth-order valence-corrected chi connectivity index (χ4v) is 1.63. The first-order valence-corrected chi connectivity index (χ1v) is 4.72. The number of anilines is 1. The van der Waals surface area contributed by atoms with Crippen molar-refractivity contribution in [1.82, 2.24) is 0 Å². The molecule has 0 amide bonds. The van der Waals surface area contributed by atoms with Crippen LogP contribution in [0.5, 0.6) is 5.75 Å². The van der Waals surface area contributed by atoms with Crippen molar-refractivity contribution in [2.75, 3.05) is 25.1 Å². The van der Waals surface area contributed by atoms with Gasteiger partial charge in [-0.1, -0.05) is 0 Å². The Morgan fingerprint density at radius 2 is 2.43 bits per heavy atom. The third-order valence-corrected chi connectivity index (χ3v) is 2.46. The molecular formula is C11H13NO2. The van der Waals surface area contributed by atoms with E-state index in [9.17, 15) is 4.79 Å². The van der Waals surface area contributed by atoms with E-state index in [4.69, 9.17) is 4.74 Å². The molecule has 0 atom stereocenters. The van der Waals surface area contributed by atoms with E-state index in [1.165, 1.54) is 5.56 Å². The summed E-state index contributed by atoms with van der Waals surface area (Å²) >= 11 is 0. The molecule has 0 spiro atoms. The van der Waals surface area contributed by atoms with Crippen LogP contribution in [0.4, 0.5) is 5.69 Å². The van der Waals surface area contributed by atoms with Crippen LogP contribution in [-0.4, -0.2) is 26.5 Å². The zero-order chi connectivity index (χ0) is 9.97. The minimum Gasteiger partial charge on any atom is -0.493 e. The van der Waals surface area contributed by atoms with Crippen molar-refractivity contribution in [2.24, 2.45) is 0 Å². The molecule has 0 bridgehead atoms. The predicted molar refractivity (Wildman–Crippen MR) is 55.0 cm³/mol. The Bertz CT molecular complexity index is 349. The predicted octanol–water partition coefficient (Wildman–Crippen LogP) is 1.26. The second-order valence-electron chi connectivity index (χ2n) is 3.44. The first-order chi connectivity index (χ1) is 6.81. The highest BCUT2D eigenvalue weighted by Gasteiger charge is 2.12. The molecule has 0 aromatic heterocycles. The Hall–Kier alpha value is -1.51. The van der Waals surface area contributed by atoms with Crippen LogP contribution >= 0.6 is 0 Å². The maximum Gasteiger partial charge on any atom is 0.139 e. The van der Waals surface area contributed by atoms with Gasteiger partial charge < -0.3 is 14.4 Å². The van der Waals surface area contributed by atoms with E-state index < -0.39 is 0 Å². The van der Waals surface area contributed by atoms with Crippen LogP contribution in [0, 0.1) is 0 Å². The van der Waals surface area contributed by atoms with Crippen molar-refractivity contribution in [3.63, 3.8) is 0 Å². The summed E-state index contributed by atoms with van der Waals surface area (Å²) in [4.78, 5) is 12.3. The monoisotopic (exact) mass is 191 g/mol. The van der Waals surface area contributed by atoms with E-state index >= 15 is 0 Å². The minimum atomic E-state index is 0.430. The summed E-state index contributed by atoms with van der Waals surface area (Å²) in [6, 6.07) is 6.04. The molecule has 0 N–H and O–H groups in total. The SMILES string of the molecule is CN(CC=O)c1ccc2c(c1)CCO2. The lowest BCUT2D eigenvalue weighted by atomic mass is 10.1. The molecule has 1 heterocycles. The Morgan fingerprint density at radius 3 is 3.21 bits per heavy atom. The van der Waals surface area contributed by atoms with Gasteiger partial charge in [-0.15, -0.1) is 0 Å². The molecule has 1 aliphatic rings. The summed E-state index contributed by atoms with van der Waals surface area (Å²) in [5, 5.41) is 0. The number of likely N-dealkylation sites (N-methyl/N-ethyl adjacent to an activating group) is 1. The van der Waals surface area contributed by atoms with E-state index in [0.717, 1.165) is 30.8 Å². The number of hydrogen-bond acceptors (Lipinski definition) is 3. The topological polar surface area (TPSA) is 29.5 Å². The molecule has 0 unspecified atom stereocenters. The van der Waals surface area contributed by atoms with Crippen molar-refractivity contribution < 1.29 is 9.53 Å². The third-order valence-electron chi connectivity index (χ3n) is 2.46. The maximum absolute atomic E-state index is 10.4. The number of nitrogens with zero attached hydrogens (tertiary/aromatic N) is 1. The molecule has 2 rings (SSSR count). The zero-order valence-corrected chi connectivity index (χ0v) is 8.19. The molecule has 1 aromatic rings. The summed E-state index contributed by atoms with van der Waals surface area (Å²) in [5.41, 5.74) is 2.31. The highest BCUT2D eigenvalue weighted by atomic mass is 16.5. The Morgan fingerprint density at radius 1 is 1.57 bits per heavy atom. The van der Waals surface area contributed by atoms with Crippen molar-refractivity contribution in [2.45, 2.75) is 6.42 Å². The van der Waals surface area contributed by atoms with Crippen LogP contribution < -0.4 is 9.64 Å². The number of benzene rings is 1. The van der Waals surface area contributed by atoms with E-state index in [1.54, 1.807) is 0 Å². The van der Waals surface area contributed by atoms with Crippen LogP contribution in [0.15, 0.2) is 18.2 Å². The van der Waals surface area contributed by atoms with E-state index in [2.05, 4.69) is 6.07 Å². The average Bonchev–Trinajstić information content (AvgIpc) is 2.64. The number of ether oxygens (including phenoxy) is 1. The molecule has 0 saturated heterocycles. The first kappa shape index (κ1) is 9.06. The molecule has 14 heavy (non-hydrogen) atoms. The van der Waals surface area contributed by atoms with Crippen LogP contribution in [0.3, 0.4) is 0 Å². The van der Waals surface area contributed by atoms with Crippen molar-refractivity contribution in [3.8, 4) is 5.75 Å². The highest BCUT2D eigenvalue weighted by molar-refractivity contribution is 5.62. The molecule has 74 valence electrons. The quantitative estimate of drug-likeness (QED) is 0.673. The Kier molecular flexibility index (Phi) is 2.39. The summed E-state index contributed by atoms with van der Waals surface area (Å²) in [6.07, 6.45) is 1.88. The van der Waals surface area contributed by atoms with Gasteiger partial charge in [0.15, 0.2) is 0 Å². The van der Waals surface area contributed by atoms with Crippen LogP contribution in [0.1, 0.15) is 5.56 Å². The largest absolute Gasteiger partial charge is 0.493 e. The van der Waals surface area contributed by atoms with Gasteiger partial charge in [0, 0.05) is 19.2 Å².